The zero-order valence-electron chi connectivity index (χ0n) is 31.2. The van der Waals surface area contributed by atoms with Crippen LogP contribution >= 0.6 is 11.3 Å². The van der Waals surface area contributed by atoms with Gasteiger partial charge in [0.25, 0.3) is 0 Å². The largest absolute Gasteiger partial charge is 0.456 e. The molecule has 0 atom stereocenters. The first-order valence-corrected chi connectivity index (χ1v) is 19.5. The van der Waals surface area contributed by atoms with E-state index in [9.17, 15) is 0 Å². The van der Waals surface area contributed by atoms with Gasteiger partial charge in [0.1, 0.15) is 11.2 Å². The summed E-state index contributed by atoms with van der Waals surface area (Å²) in [5.74, 6) is 0. The van der Waals surface area contributed by atoms with Crippen molar-refractivity contribution in [3.05, 3.63) is 205 Å². The molecule has 0 aliphatic carbocycles. The van der Waals surface area contributed by atoms with Crippen molar-refractivity contribution >= 4 is 66.4 Å². The van der Waals surface area contributed by atoms with Crippen molar-refractivity contribution in [1.82, 2.24) is 0 Å². The average Bonchev–Trinajstić information content (AvgIpc) is 3.85. The molecule has 0 saturated heterocycles. The van der Waals surface area contributed by atoms with Crippen LogP contribution in [0.15, 0.2) is 197 Å². The zero-order chi connectivity index (χ0) is 38.3. The van der Waals surface area contributed by atoms with Crippen molar-refractivity contribution in [2.45, 2.75) is 13.5 Å². The van der Waals surface area contributed by atoms with Gasteiger partial charge < -0.3 is 9.83 Å². The molecule has 0 amide bonds. The van der Waals surface area contributed by atoms with Crippen LogP contribution in [0, 0.1) is 12.3 Å². The number of hydrogen-bond acceptors (Lipinski definition) is 4. The molecular weight excluding hydrogens is 701 g/mol. The Bertz CT molecular complexity index is 2910. The van der Waals surface area contributed by atoms with Gasteiger partial charge in [0.05, 0.1) is 6.54 Å². The van der Waals surface area contributed by atoms with Gasteiger partial charge in [0, 0.05) is 53.8 Å². The lowest BCUT2D eigenvalue weighted by atomic mass is 9.94. The first-order valence-electron chi connectivity index (χ1n) is 18.7. The SMILES string of the molecule is C=NCc1cccc2c1oc1ccccc12.Cc1ccccc1.N=Cc1ccc(-c2ccccc2)c2sc3c(-c4ccccc4)cc(-c4ccccc4)cc3c12. The number of hydrogen-bond donors (Lipinski definition) is 1. The second kappa shape index (κ2) is 16.6. The van der Waals surface area contributed by atoms with Crippen LogP contribution in [0.2, 0.25) is 0 Å². The summed E-state index contributed by atoms with van der Waals surface area (Å²) in [6, 6.07) is 65.1. The molecule has 2 heterocycles. The number of benzene rings is 8. The Balaban J connectivity index is 0.000000157. The molecule has 3 nitrogen and oxygen atoms in total. The van der Waals surface area contributed by atoms with E-state index in [1.165, 1.54) is 65.3 Å². The van der Waals surface area contributed by atoms with Crippen molar-refractivity contribution in [1.29, 1.82) is 5.41 Å². The normalized spacial score (nSPS) is 10.8. The fourth-order valence-electron chi connectivity index (χ4n) is 7.19. The van der Waals surface area contributed by atoms with E-state index in [4.69, 9.17) is 9.83 Å². The van der Waals surface area contributed by atoms with Crippen LogP contribution in [0.25, 0.3) is 75.5 Å². The highest BCUT2D eigenvalue weighted by Gasteiger charge is 2.18. The zero-order valence-corrected chi connectivity index (χ0v) is 32.0. The van der Waals surface area contributed by atoms with Crippen LogP contribution in [-0.4, -0.2) is 12.9 Å². The summed E-state index contributed by atoms with van der Waals surface area (Å²) in [7, 11) is 0. The molecule has 10 aromatic rings. The van der Waals surface area contributed by atoms with Crippen molar-refractivity contribution in [3.63, 3.8) is 0 Å². The number of furan rings is 1. The van der Waals surface area contributed by atoms with Gasteiger partial charge >= 0.3 is 0 Å². The monoisotopic (exact) mass is 740 g/mol. The van der Waals surface area contributed by atoms with Crippen LogP contribution < -0.4 is 0 Å². The number of thiophene rings is 1. The van der Waals surface area contributed by atoms with Gasteiger partial charge in [-0.15, -0.1) is 11.3 Å². The van der Waals surface area contributed by atoms with Gasteiger partial charge in [-0.1, -0.05) is 175 Å². The molecule has 270 valence electrons. The summed E-state index contributed by atoms with van der Waals surface area (Å²) in [6.07, 6.45) is 1.49. The van der Waals surface area contributed by atoms with E-state index in [2.05, 4.69) is 158 Å². The maximum atomic E-state index is 8.13. The van der Waals surface area contributed by atoms with E-state index in [0.717, 1.165) is 33.1 Å². The molecule has 0 saturated carbocycles. The Hall–Kier alpha value is -6.88. The van der Waals surface area contributed by atoms with Gasteiger partial charge in [-0.05, 0) is 59.7 Å². The minimum absolute atomic E-state index is 0.594. The van der Waals surface area contributed by atoms with Crippen molar-refractivity contribution in [2.24, 2.45) is 4.99 Å². The van der Waals surface area contributed by atoms with Crippen LogP contribution in [-0.2, 0) is 6.54 Å². The Kier molecular flexibility index (Phi) is 10.7. The van der Waals surface area contributed by atoms with Crippen LogP contribution in [0.5, 0.6) is 0 Å². The average molecular weight is 741 g/mol. The summed E-state index contributed by atoms with van der Waals surface area (Å²) in [6.45, 7) is 6.20. The topological polar surface area (TPSA) is 49.4 Å². The molecule has 4 heteroatoms. The maximum absolute atomic E-state index is 8.13. The molecule has 2 aromatic heterocycles. The van der Waals surface area contributed by atoms with Gasteiger partial charge in [-0.2, -0.15) is 0 Å². The fourth-order valence-corrected chi connectivity index (χ4v) is 8.58. The van der Waals surface area contributed by atoms with Crippen molar-refractivity contribution in [2.75, 3.05) is 0 Å². The van der Waals surface area contributed by atoms with Gasteiger partial charge in [0.15, 0.2) is 0 Å². The summed E-state index contributed by atoms with van der Waals surface area (Å²) < 4.78 is 8.35. The number of nitrogens with zero attached hydrogens (tertiary/aromatic N) is 1. The van der Waals surface area contributed by atoms with Crippen molar-refractivity contribution in [3.8, 4) is 33.4 Å². The lowest BCUT2D eigenvalue weighted by Gasteiger charge is -2.09. The maximum Gasteiger partial charge on any atom is 0.140 e. The number of rotatable bonds is 6. The first kappa shape index (κ1) is 36.1. The fraction of sp³-hybridized carbons (Fsp3) is 0.0385. The Labute approximate surface area is 331 Å². The summed E-state index contributed by atoms with van der Waals surface area (Å²) in [5.41, 5.74) is 12.5. The number of nitrogens with one attached hydrogen (secondary N) is 1. The molecule has 10 rings (SSSR count). The molecule has 1 N–H and O–H groups in total. The van der Waals surface area contributed by atoms with Crippen LogP contribution in [0.3, 0.4) is 0 Å². The third-order valence-electron chi connectivity index (χ3n) is 9.89. The third kappa shape index (κ3) is 7.43. The molecule has 8 aromatic carbocycles. The third-order valence-corrected chi connectivity index (χ3v) is 11.2. The predicted octanol–water partition coefficient (Wildman–Crippen LogP) is 14.8. The Morgan fingerprint density at radius 1 is 0.554 bits per heavy atom. The molecule has 0 spiro atoms. The molecule has 0 bridgehead atoms. The highest BCUT2D eigenvalue weighted by atomic mass is 32.1. The van der Waals surface area contributed by atoms with E-state index < -0.39 is 0 Å². The molecule has 0 unspecified atom stereocenters. The quantitative estimate of drug-likeness (QED) is 0.170. The highest BCUT2D eigenvalue weighted by molar-refractivity contribution is 7.27. The number of para-hydroxylation sites is 2. The summed E-state index contributed by atoms with van der Waals surface area (Å²) >= 11 is 1.83. The lowest BCUT2D eigenvalue weighted by Crippen LogP contribution is -1.86. The predicted molar refractivity (Wildman–Crippen MR) is 242 cm³/mol. The molecule has 0 aliphatic rings. The highest BCUT2D eigenvalue weighted by Crippen LogP contribution is 2.46. The van der Waals surface area contributed by atoms with E-state index in [1.54, 1.807) is 0 Å². The number of aliphatic imine (C=N–C) groups is 1. The minimum atomic E-state index is 0.594. The number of fused-ring (bicyclic) bond motifs is 6. The number of aryl methyl sites for hydroxylation is 1. The van der Waals surface area contributed by atoms with Gasteiger partial charge in [0.2, 0.25) is 0 Å². The van der Waals surface area contributed by atoms with E-state index in [-0.39, 0.29) is 0 Å². The second-order valence-electron chi connectivity index (χ2n) is 13.6. The standard InChI is InChI=1S/C31H21NS.C14H11NO.C7H8/c32-20-24-16-17-26(22-12-6-2-7-13-22)31-29(24)28-19-25(21-10-4-1-5-11-21)18-27(30(28)33-31)23-14-8-3-9-15-23;1-15-9-10-5-4-7-12-11-6-2-3-8-13(11)16-14(10)12;1-7-5-3-2-4-6-7/h1-20,32H;2-8H,1,9H2;2-6H,1H3. The van der Waals surface area contributed by atoms with E-state index in [1.807, 2.05) is 59.9 Å². The smallest absolute Gasteiger partial charge is 0.140 e. The summed E-state index contributed by atoms with van der Waals surface area (Å²) in [4.78, 5) is 3.92. The van der Waals surface area contributed by atoms with E-state index in [0.29, 0.717) is 6.54 Å². The van der Waals surface area contributed by atoms with E-state index >= 15 is 0 Å². The molecule has 0 fully saturated rings. The first-order chi connectivity index (χ1) is 27.6. The molecular formula is C52H40N2OS. The second-order valence-corrected chi connectivity index (χ2v) is 14.6. The van der Waals surface area contributed by atoms with Crippen LogP contribution in [0.4, 0.5) is 0 Å². The summed E-state index contributed by atoms with van der Waals surface area (Å²) in [5, 5.41) is 12.8. The Morgan fingerprint density at radius 3 is 1.77 bits per heavy atom. The molecule has 0 radical (unpaired) electrons. The molecule has 0 aliphatic heterocycles. The minimum Gasteiger partial charge on any atom is -0.456 e. The van der Waals surface area contributed by atoms with Gasteiger partial charge in [-0.25, -0.2) is 0 Å². The van der Waals surface area contributed by atoms with Gasteiger partial charge in [-0.3, -0.25) is 4.99 Å². The van der Waals surface area contributed by atoms with Crippen LogP contribution in [0.1, 0.15) is 16.7 Å². The Morgan fingerprint density at radius 2 is 1.14 bits per heavy atom. The molecule has 56 heavy (non-hydrogen) atoms. The lowest BCUT2D eigenvalue weighted by molar-refractivity contribution is 0.663. The van der Waals surface area contributed by atoms with Crippen molar-refractivity contribution < 1.29 is 4.42 Å².